The molecule has 2 fully saturated rings. The Bertz CT molecular complexity index is 332. The molecule has 102 valence electrons. The summed E-state index contributed by atoms with van der Waals surface area (Å²) >= 11 is 0. The zero-order chi connectivity index (χ0) is 13.2. The molecule has 5 nitrogen and oxygen atoms in total. The summed E-state index contributed by atoms with van der Waals surface area (Å²) in [4.78, 5) is 24.9. The molecule has 1 aliphatic heterocycles. The lowest BCUT2D eigenvalue weighted by Gasteiger charge is -2.38. The van der Waals surface area contributed by atoms with Crippen molar-refractivity contribution >= 4 is 11.9 Å². The van der Waals surface area contributed by atoms with Gasteiger partial charge in [-0.3, -0.25) is 9.59 Å². The van der Waals surface area contributed by atoms with Crippen molar-refractivity contribution in [1.29, 1.82) is 0 Å². The molecule has 2 rings (SSSR count). The molecule has 18 heavy (non-hydrogen) atoms. The van der Waals surface area contributed by atoms with Gasteiger partial charge in [-0.1, -0.05) is 6.42 Å². The molecule has 0 aromatic heterocycles. The number of rotatable bonds is 5. The van der Waals surface area contributed by atoms with E-state index < -0.39 is 11.4 Å². The van der Waals surface area contributed by atoms with Gasteiger partial charge in [-0.15, -0.1) is 0 Å². The molecule has 0 aromatic carbocycles. The standard InChI is InChI=1S/C13H21NO4/c1-14(9-10-4-2-7-18-10)11(15)8-13(12(16)17)5-3-6-13/h10H,2-9H2,1H3,(H,16,17)/t10-/m0/s1. The second-order valence-electron chi connectivity index (χ2n) is 5.53. The molecule has 1 atom stereocenters. The summed E-state index contributed by atoms with van der Waals surface area (Å²) in [6, 6.07) is 0. The van der Waals surface area contributed by atoms with Crippen LogP contribution in [0.5, 0.6) is 0 Å². The molecule has 0 spiro atoms. The van der Waals surface area contributed by atoms with E-state index in [1.807, 2.05) is 0 Å². The fourth-order valence-electron chi connectivity index (χ4n) is 2.69. The molecule has 1 N–H and O–H groups in total. The zero-order valence-corrected chi connectivity index (χ0v) is 10.9. The van der Waals surface area contributed by atoms with Crippen LogP contribution in [-0.4, -0.2) is 48.2 Å². The van der Waals surface area contributed by atoms with Crippen LogP contribution < -0.4 is 0 Å². The average molecular weight is 255 g/mol. The Kier molecular flexibility index (Phi) is 3.90. The molecule has 1 amide bonds. The molecular weight excluding hydrogens is 234 g/mol. The van der Waals surface area contributed by atoms with Crippen molar-refractivity contribution in [2.24, 2.45) is 5.41 Å². The number of carboxylic acid groups (broad SMARTS) is 1. The second-order valence-corrected chi connectivity index (χ2v) is 5.53. The Hall–Kier alpha value is -1.10. The Balaban J connectivity index is 1.84. The average Bonchev–Trinajstić information content (AvgIpc) is 2.75. The molecule has 0 radical (unpaired) electrons. The molecule has 0 unspecified atom stereocenters. The Morgan fingerprint density at radius 3 is 2.56 bits per heavy atom. The quantitative estimate of drug-likeness (QED) is 0.803. The van der Waals surface area contributed by atoms with Crippen LogP contribution in [0.4, 0.5) is 0 Å². The highest BCUT2D eigenvalue weighted by Gasteiger charge is 2.46. The number of nitrogens with zero attached hydrogens (tertiary/aromatic N) is 1. The first-order valence-electron chi connectivity index (χ1n) is 6.62. The third kappa shape index (κ3) is 2.66. The predicted octanol–water partition coefficient (Wildman–Crippen LogP) is 1.27. The van der Waals surface area contributed by atoms with Gasteiger partial charge in [-0.05, 0) is 25.7 Å². The van der Waals surface area contributed by atoms with Crippen molar-refractivity contribution < 1.29 is 19.4 Å². The fourth-order valence-corrected chi connectivity index (χ4v) is 2.69. The number of carboxylic acids is 1. The number of ether oxygens (including phenoxy) is 1. The smallest absolute Gasteiger partial charge is 0.310 e. The van der Waals surface area contributed by atoms with Crippen LogP contribution in [-0.2, 0) is 14.3 Å². The Morgan fingerprint density at radius 1 is 1.39 bits per heavy atom. The number of likely N-dealkylation sites (N-methyl/N-ethyl adjacent to an activating group) is 1. The number of aliphatic carboxylic acids is 1. The number of carbonyl (C=O) groups excluding carboxylic acids is 1. The van der Waals surface area contributed by atoms with E-state index in [1.54, 1.807) is 11.9 Å². The van der Waals surface area contributed by atoms with Gasteiger partial charge in [0.1, 0.15) is 0 Å². The van der Waals surface area contributed by atoms with E-state index in [0.717, 1.165) is 25.9 Å². The van der Waals surface area contributed by atoms with Crippen molar-refractivity contribution in [2.45, 2.75) is 44.6 Å². The van der Waals surface area contributed by atoms with E-state index in [4.69, 9.17) is 4.74 Å². The first-order chi connectivity index (χ1) is 8.53. The van der Waals surface area contributed by atoms with Crippen LogP contribution in [0.2, 0.25) is 0 Å². The maximum atomic E-state index is 12.1. The minimum atomic E-state index is -0.826. The van der Waals surface area contributed by atoms with Crippen molar-refractivity contribution in [2.75, 3.05) is 20.2 Å². The van der Waals surface area contributed by atoms with Crippen molar-refractivity contribution in [3.8, 4) is 0 Å². The highest BCUT2D eigenvalue weighted by Crippen LogP contribution is 2.44. The number of amides is 1. The van der Waals surface area contributed by atoms with Crippen molar-refractivity contribution in [3.05, 3.63) is 0 Å². The van der Waals surface area contributed by atoms with E-state index in [1.165, 1.54) is 0 Å². The van der Waals surface area contributed by atoms with Gasteiger partial charge in [0.05, 0.1) is 11.5 Å². The number of carbonyl (C=O) groups is 2. The zero-order valence-electron chi connectivity index (χ0n) is 10.9. The molecule has 1 aliphatic carbocycles. The van der Waals surface area contributed by atoms with Gasteiger partial charge in [0.2, 0.25) is 5.91 Å². The molecule has 2 aliphatic rings. The maximum Gasteiger partial charge on any atom is 0.310 e. The van der Waals surface area contributed by atoms with E-state index in [9.17, 15) is 14.7 Å². The van der Waals surface area contributed by atoms with Crippen molar-refractivity contribution in [1.82, 2.24) is 4.90 Å². The third-order valence-electron chi connectivity index (χ3n) is 4.18. The van der Waals surface area contributed by atoms with Gasteiger partial charge in [0.25, 0.3) is 0 Å². The van der Waals surface area contributed by atoms with Crippen LogP contribution in [0.25, 0.3) is 0 Å². The monoisotopic (exact) mass is 255 g/mol. The SMILES string of the molecule is CN(C[C@@H]1CCCO1)C(=O)CC1(C(=O)O)CCC1. The normalized spacial score (nSPS) is 25.5. The molecule has 0 bridgehead atoms. The second kappa shape index (κ2) is 5.26. The first kappa shape index (κ1) is 13.3. The summed E-state index contributed by atoms with van der Waals surface area (Å²) in [5, 5.41) is 9.20. The minimum absolute atomic E-state index is 0.0763. The minimum Gasteiger partial charge on any atom is -0.481 e. The number of hydrogen-bond donors (Lipinski definition) is 1. The molecule has 1 saturated heterocycles. The molecule has 1 saturated carbocycles. The third-order valence-corrected chi connectivity index (χ3v) is 4.18. The van der Waals surface area contributed by atoms with E-state index in [0.29, 0.717) is 19.4 Å². The van der Waals surface area contributed by atoms with Gasteiger partial charge in [0.15, 0.2) is 0 Å². The van der Waals surface area contributed by atoms with Crippen LogP contribution in [0.3, 0.4) is 0 Å². The first-order valence-corrected chi connectivity index (χ1v) is 6.62. The van der Waals surface area contributed by atoms with E-state index in [2.05, 4.69) is 0 Å². The molecule has 5 heteroatoms. The Labute approximate surface area is 107 Å². The summed E-state index contributed by atoms with van der Waals surface area (Å²) in [5.74, 6) is -0.903. The van der Waals surface area contributed by atoms with Gasteiger partial charge >= 0.3 is 5.97 Å². The Morgan fingerprint density at radius 2 is 2.11 bits per heavy atom. The molecular formula is C13H21NO4. The van der Waals surface area contributed by atoms with Crippen LogP contribution in [0.1, 0.15) is 38.5 Å². The van der Waals surface area contributed by atoms with Crippen LogP contribution in [0, 0.1) is 5.41 Å². The molecule has 1 heterocycles. The lowest BCUT2D eigenvalue weighted by atomic mass is 9.66. The lowest BCUT2D eigenvalue weighted by molar-refractivity contribution is -0.159. The van der Waals surface area contributed by atoms with Gasteiger partial charge in [-0.2, -0.15) is 0 Å². The summed E-state index contributed by atoms with van der Waals surface area (Å²) in [7, 11) is 1.73. The molecule has 0 aromatic rings. The lowest BCUT2D eigenvalue weighted by Crippen LogP contribution is -2.44. The van der Waals surface area contributed by atoms with Gasteiger partial charge in [-0.25, -0.2) is 0 Å². The van der Waals surface area contributed by atoms with Gasteiger partial charge < -0.3 is 14.7 Å². The van der Waals surface area contributed by atoms with Crippen LogP contribution in [0.15, 0.2) is 0 Å². The van der Waals surface area contributed by atoms with Crippen molar-refractivity contribution in [3.63, 3.8) is 0 Å². The number of hydrogen-bond acceptors (Lipinski definition) is 3. The predicted molar refractivity (Wildman–Crippen MR) is 65.1 cm³/mol. The summed E-state index contributed by atoms with van der Waals surface area (Å²) in [6.07, 6.45) is 4.46. The summed E-state index contributed by atoms with van der Waals surface area (Å²) in [5.41, 5.74) is -0.790. The summed E-state index contributed by atoms with van der Waals surface area (Å²) < 4.78 is 5.48. The summed E-state index contributed by atoms with van der Waals surface area (Å²) in [6.45, 7) is 1.35. The fraction of sp³-hybridized carbons (Fsp3) is 0.846. The van der Waals surface area contributed by atoms with Crippen LogP contribution >= 0.6 is 0 Å². The highest BCUT2D eigenvalue weighted by molar-refractivity contribution is 5.85. The largest absolute Gasteiger partial charge is 0.481 e. The highest BCUT2D eigenvalue weighted by atomic mass is 16.5. The van der Waals surface area contributed by atoms with Gasteiger partial charge in [0, 0.05) is 26.6 Å². The van der Waals surface area contributed by atoms with E-state index >= 15 is 0 Å². The maximum absolute atomic E-state index is 12.1. The topological polar surface area (TPSA) is 66.8 Å². The van der Waals surface area contributed by atoms with E-state index in [-0.39, 0.29) is 18.4 Å².